The Labute approximate surface area is 170 Å². The number of hydrogen-bond donors (Lipinski definition) is 0. The average Bonchev–Trinajstić information content (AvgIpc) is 2.75. The number of methoxy groups -OCH3 is 3. The van der Waals surface area contributed by atoms with E-state index in [0.29, 0.717) is 0 Å². The topological polar surface area (TPSA) is 126 Å². The summed E-state index contributed by atoms with van der Waals surface area (Å²) in [4.78, 5) is 0. The Morgan fingerprint density at radius 3 is 2.38 bits per heavy atom. The highest BCUT2D eigenvalue weighted by Crippen LogP contribution is 2.35. The standard InChI is InChI=1S/C16H30O12S/c1-16(2)26-12-7-25-29(17,18)28-14(12)15(24-10-21-5)13(27-16)11(23-9-20-4)6-22-8-19-3/h11-15H,6-10H2,1-5H3/t11-,12+,13+,14+,15+/m0/s1. The first kappa shape index (κ1) is 24.8. The van der Waals surface area contributed by atoms with E-state index in [9.17, 15) is 8.42 Å². The van der Waals surface area contributed by atoms with E-state index in [1.807, 2.05) is 0 Å². The molecule has 12 nitrogen and oxygen atoms in total. The smallest absolute Gasteiger partial charge is 0.359 e. The lowest BCUT2D eigenvalue weighted by Gasteiger charge is -2.37. The molecule has 0 unspecified atom stereocenters. The molecule has 2 saturated heterocycles. The maximum absolute atomic E-state index is 11.9. The second-order valence-corrected chi connectivity index (χ2v) is 8.06. The molecule has 0 aromatic rings. The van der Waals surface area contributed by atoms with Gasteiger partial charge < -0.3 is 37.9 Å². The highest BCUT2D eigenvalue weighted by molar-refractivity contribution is 7.81. The minimum Gasteiger partial charge on any atom is -0.359 e. The van der Waals surface area contributed by atoms with Gasteiger partial charge in [-0.1, -0.05) is 0 Å². The molecule has 0 N–H and O–H groups in total. The maximum atomic E-state index is 11.9. The summed E-state index contributed by atoms with van der Waals surface area (Å²) in [5, 5.41) is 0. The summed E-state index contributed by atoms with van der Waals surface area (Å²) in [6.45, 7) is 2.98. The van der Waals surface area contributed by atoms with Crippen molar-refractivity contribution >= 4 is 10.4 Å². The van der Waals surface area contributed by atoms with Gasteiger partial charge >= 0.3 is 10.4 Å². The van der Waals surface area contributed by atoms with Gasteiger partial charge in [0.2, 0.25) is 0 Å². The third-order valence-electron chi connectivity index (χ3n) is 4.10. The summed E-state index contributed by atoms with van der Waals surface area (Å²) in [5.74, 6) is -1.14. The Kier molecular flexibility index (Phi) is 9.63. The molecule has 0 saturated carbocycles. The van der Waals surface area contributed by atoms with Crippen LogP contribution in [0.2, 0.25) is 0 Å². The molecule has 0 aromatic carbocycles. The molecule has 2 rings (SSSR count). The number of rotatable bonds is 11. The van der Waals surface area contributed by atoms with E-state index in [1.165, 1.54) is 21.3 Å². The second-order valence-electron chi connectivity index (χ2n) is 6.82. The lowest BCUT2D eigenvalue weighted by molar-refractivity contribution is -0.279. The fourth-order valence-electron chi connectivity index (χ4n) is 3.08. The number of hydrogen-bond acceptors (Lipinski definition) is 12. The first-order chi connectivity index (χ1) is 13.7. The van der Waals surface area contributed by atoms with Gasteiger partial charge in [-0.25, -0.2) is 8.37 Å². The Balaban J connectivity index is 2.36. The van der Waals surface area contributed by atoms with Crippen molar-refractivity contribution in [1.82, 2.24) is 0 Å². The molecule has 2 heterocycles. The SMILES string of the molecule is COCOC[C@H](OCOC)[C@H]1OC(C)(C)O[C@@H]2COS(=O)(=O)O[C@H]2[C@@H]1OCOC. The third-order valence-corrected chi connectivity index (χ3v) is 4.99. The molecule has 13 heteroatoms. The summed E-state index contributed by atoms with van der Waals surface area (Å²) in [5.41, 5.74) is 0. The molecule has 0 spiro atoms. The highest BCUT2D eigenvalue weighted by atomic mass is 32.3. The van der Waals surface area contributed by atoms with Crippen molar-refractivity contribution in [2.45, 2.75) is 50.2 Å². The summed E-state index contributed by atoms with van der Waals surface area (Å²) < 4.78 is 77.7. The van der Waals surface area contributed by atoms with Crippen LogP contribution in [0.3, 0.4) is 0 Å². The van der Waals surface area contributed by atoms with E-state index >= 15 is 0 Å². The van der Waals surface area contributed by atoms with Crippen LogP contribution in [0.15, 0.2) is 0 Å². The molecular weight excluding hydrogens is 416 g/mol. The largest absolute Gasteiger partial charge is 0.400 e. The van der Waals surface area contributed by atoms with Crippen molar-refractivity contribution in [2.24, 2.45) is 0 Å². The monoisotopic (exact) mass is 446 g/mol. The lowest BCUT2D eigenvalue weighted by Crippen LogP contribution is -2.56. The van der Waals surface area contributed by atoms with E-state index in [-0.39, 0.29) is 33.6 Å². The van der Waals surface area contributed by atoms with Gasteiger partial charge in [0, 0.05) is 21.3 Å². The summed E-state index contributed by atoms with van der Waals surface area (Å²) in [7, 11) is 0.168. The molecule has 0 aliphatic carbocycles. The Morgan fingerprint density at radius 2 is 1.72 bits per heavy atom. The van der Waals surface area contributed by atoms with Crippen molar-refractivity contribution in [3.05, 3.63) is 0 Å². The zero-order chi connectivity index (χ0) is 21.5. The van der Waals surface area contributed by atoms with Crippen LogP contribution in [-0.2, 0) is 56.7 Å². The summed E-state index contributed by atoms with van der Waals surface area (Å²) in [6, 6.07) is 0. The zero-order valence-electron chi connectivity index (χ0n) is 17.2. The quantitative estimate of drug-likeness (QED) is 0.307. The normalized spacial score (nSPS) is 32.3. The molecule has 0 aromatic heterocycles. The summed E-state index contributed by atoms with van der Waals surface area (Å²) >= 11 is 0. The molecule has 2 aliphatic rings. The van der Waals surface area contributed by atoms with Gasteiger partial charge in [0.05, 0.1) is 13.2 Å². The molecule has 172 valence electrons. The Hall–Kier alpha value is -0.450. The van der Waals surface area contributed by atoms with Crippen LogP contribution in [0.5, 0.6) is 0 Å². The van der Waals surface area contributed by atoms with Gasteiger partial charge in [0.1, 0.15) is 50.9 Å². The Bertz CT molecular complexity index is 582. The van der Waals surface area contributed by atoms with E-state index in [2.05, 4.69) is 0 Å². The van der Waals surface area contributed by atoms with Gasteiger partial charge in [0.25, 0.3) is 0 Å². The molecule has 0 amide bonds. The number of ether oxygens (including phenoxy) is 8. The van der Waals surface area contributed by atoms with E-state index in [4.69, 9.17) is 46.3 Å². The number of fused-ring (bicyclic) bond motifs is 1. The minimum atomic E-state index is -4.22. The van der Waals surface area contributed by atoms with Crippen molar-refractivity contribution in [3.63, 3.8) is 0 Å². The van der Waals surface area contributed by atoms with Gasteiger partial charge in [-0.15, -0.1) is 0 Å². The van der Waals surface area contributed by atoms with Crippen molar-refractivity contribution in [1.29, 1.82) is 0 Å². The van der Waals surface area contributed by atoms with Gasteiger partial charge in [-0.3, -0.25) is 0 Å². The predicted octanol–water partition coefficient (Wildman–Crippen LogP) is -0.235. The molecule has 0 bridgehead atoms. The van der Waals surface area contributed by atoms with Crippen LogP contribution in [0, 0.1) is 0 Å². The maximum Gasteiger partial charge on any atom is 0.400 e. The van der Waals surface area contributed by atoms with Crippen LogP contribution >= 0.6 is 0 Å². The van der Waals surface area contributed by atoms with E-state index in [0.717, 1.165) is 0 Å². The molecule has 5 atom stereocenters. The van der Waals surface area contributed by atoms with Crippen LogP contribution in [0.4, 0.5) is 0 Å². The van der Waals surface area contributed by atoms with Crippen LogP contribution < -0.4 is 0 Å². The van der Waals surface area contributed by atoms with Gasteiger partial charge in [-0.2, -0.15) is 8.42 Å². The van der Waals surface area contributed by atoms with Crippen molar-refractivity contribution in [2.75, 3.05) is 54.9 Å². The molecule has 2 aliphatic heterocycles. The van der Waals surface area contributed by atoms with Crippen LogP contribution in [-0.4, -0.2) is 99.6 Å². The predicted molar refractivity (Wildman–Crippen MR) is 94.9 cm³/mol. The molecule has 2 fully saturated rings. The molecule has 0 radical (unpaired) electrons. The van der Waals surface area contributed by atoms with Crippen LogP contribution in [0.25, 0.3) is 0 Å². The molecule has 29 heavy (non-hydrogen) atoms. The third kappa shape index (κ3) is 7.33. The first-order valence-electron chi connectivity index (χ1n) is 8.94. The first-order valence-corrected chi connectivity index (χ1v) is 10.3. The lowest BCUT2D eigenvalue weighted by atomic mass is 9.99. The second kappa shape index (κ2) is 11.2. The molecular formula is C16H30O12S. The zero-order valence-corrected chi connectivity index (χ0v) is 18.0. The van der Waals surface area contributed by atoms with Crippen molar-refractivity contribution in [3.8, 4) is 0 Å². The fourth-order valence-corrected chi connectivity index (χ4v) is 3.94. The summed E-state index contributed by atoms with van der Waals surface area (Å²) in [6.07, 6.45) is -4.39. The average molecular weight is 446 g/mol. The minimum absolute atomic E-state index is 0.0216. The van der Waals surface area contributed by atoms with Crippen LogP contribution in [0.1, 0.15) is 13.8 Å². The van der Waals surface area contributed by atoms with Gasteiger partial charge in [0.15, 0.2) is 5.79 Å². The van der Waals surface area contributed by atoms with Gasteiger partial charge in [-0.05, 0) is 13.8 Å². The fraction of sp³-hybridized carbons (Fsp3) is 1.00. The highest BCUT2D eigenvalue weighted by Gasteiger charge is 2.53. The Morgan fingerprint density at radius 1 is 1.03 bits per heavy atom. The van der Waals surface area contributed by atoms with E-state index in [1.54, 1.807) is 13.8 Å². The van der Waals surface area contributed by atoms with Crippen molar-refractivity contribution < 1.29 is 54.7 Å². The van der Waals surface area contributed by atoms with E-state index < -0.39 is 46.7 Å².